The molecule has 0 atom stereocenters. The summed E-state index contributed by atoms with van der Waals surface area (Å²) in [5.74, 6) is -0.836. The zero-order chi connectivity index (χ0) is 16.0. The number of nitrogens with zero attached hydrogens (tertiary/aromatic N) is 1. The summed E-state index contributed by atoms with van der Waals surface area (Å²) >= 11 is 0. The van der Waals surface area contributed by atoms with E-state index in [0.717, 1.165) is 0 Å². The molecule has 0 amide bonds. The van der Waals surface area contributed by atoms with Crippen molar-refractivity contribution in [3.63, 3.8) is 0 Å². The molecule has 0 saturated heterocycles. The Kier molecular flexibility index (Phi) is 5.54. The first-order valence-corrected chi connectivity index (χ1v) is 6.05. The van der Waals surface area contributed by atoms with Gasteiger partial charge in [0.05, 0.1) is 7.11 Å². The first-order valence-electron chi connectivity index (χ1n) is 6.05. The van der Waals surface area contributed by atoms with Crippen LogP contribution in [0.1, 0.15) is 13.8 Å². The van der Waals surface area contributed by atoms with Crippen LogP contribution >= 0.6 is 0 Å². The molecular formula is C15H17NO5. The summed E-state index contributed by atoms with van der Waals surface area (Å²) in [4.78, 5) is 33.1. The average molecular weight is 291 g/mol. The van der Waals surface area contributed by atoms with Crippen molar-refractivity contribution in [3.05, 3.63) is 48.6 Å². The van der Waals surface area contributed by atoms with Crippen molar-refractivity contribution in [2.75, 3.05) is 12.3 Å². The summed E-state index contributed by atoms with van der Waals surface area (Å²) in [6.07, 6.45) is 0. The highest BCUT2D eigenvalue weighted by atomic mass is 17.0. The van der Waals surface area contributed by atoms with Crippen LogP contribution in [0.2, 0.25) is 0 Å². The monoisotopic (exact) mass is 291 g/mol. The number of benzene rings is 1. The molecule has 1 aromatic carbocycles. The van der Waals surface area contributed by atoms with Crippen molar-refractivity contribution in [3.8, 4) is 5.75 Å². The maximum atomic E-state index is 11.6. The molecule has 0 aliphatic carbocycles. The van der Waals surface area contributed by atoms with E-state index in [1.807, 2.05) is 0 Å². The lowest BCUT2D eigenvalue weighted by molar-refractivity contribution is -0.168. The van der Waals surface area contributed by atoms with Crippen LogP contribution in [-0.4, -0.2) is 19.0 Å². The number of rotatable bonds is 6. The molecule has 0 fully saturated rings. The Bertz CT molecular complexity index is 534. The van der Waals surface area contributed by atoms with Crippen LogP contribution in [0, 0.1) is 0 Å². The molecule has 21 heavy (non-hydrogen) atoms. The molecule has 0 N–H and O–H groups in total. The van der Waals surface area contributed by atoms with Crippen LogP contribution < -0.4 is 9.96 Å². The Morgan fingerprint density at radius 1 is 0.952 bits per heavy atom. The molecule has 112 valence electrons. The highest BCUT2D eigenvalue weighted by Crippen LogP contribution is 2.21. The summed E-state index contributed by atoms with van der Waals surface area (Å²) in [6, 6.07) is 6.39. The number of carbonyl (C=O) groups excluding carboxylic acids is 2. The third kappa shape index (κ3) is 4.68. The van der Waals surface area contributed by atoms with E-state index in [-0.39, 0.29) is 11.1 Å². The fourth-order valence-electron chi connectivity index (χ4n) is 1.13. The lowest BCUT2D eigenvalue weighted by atomic mass is 10.3. The maximum Gasteiger partial charge on any atom is 0.362 e. The molecule has 0 unspecified atom stereocenters. The van der Waals surface area contributed by atoms with Gasteiger partial charge in [-0.1, -0.05) is 13.2 Å². The maximum absolute atomic E-state index is 11.6. The molecule has 0 radical (unpaired) electrons. The molecule has 1 aromatic rings. The molecule has 0 heterocycles. The standard InChI is InChI=1S/C15H17NO5/c1-10(2)14(17)20-16(21-15(18)11(3)4)12-6-8-13(19-5)9-7-12/h6-9H,1,3H2,2,4-5H3. The van der Waals surface area contributed by atoms with Crippen LogP contribution in [0.5, 0.6) is 5.75 Å². The van der Waals surface area contributed by atoms with E-state index in [2.05, 4.69) is 13.2 Å². The van der Waals surface area contributed by atoms with Gasteiger partial charge in [-0.2, -0.15) is 0 Å². The fourth-order valence-corrected chi connectivity index (χ4v) is 1.13. The van der Waals surface area contributed by atoms with Crippen molar-refractivity contribution in [1.29, 1.82) is 0 Å². The molecule has 0 bridgehead atoms. The number of hydrogen-bond acceptors (Lipinski definition) is 6. The zero-order valence-electron chi connectivity index (χ0n) is 12.2. The van der Waals surface area contributed by atoms with Gasteiger partial charge >= 0.3 is 11.9 Å². The number of methoxy groups -OCH3 is 1. The molecule has 1 rings (SSSR count). The number of ether oxygens (including phenoxy) is 1. The number of carbonyl (C=O) groups is 2. The van der Waals surface area contributed by atoms with Crippen LogP contribution in [0.15, 0.2) is 48.6 Å². The smallest absolute Gasteiger partial charge is 0.362 e. The molecule has 0 aliphatic rings. The van der Waals surface area contributed by atoms with Gasteiger partial charge in [-0.3, -0.25) is 0 Å². The minimum Gasteiger partial charge on any atom is -0.497 e. The van der Waals surface area contributed by atoms with Gasteiger partial charge in [-0.05, 0) is 43.3 Å². The third-order valence-corrected chi connectivity index (χ3v) is 2.31. The predicted octanol–water partition coefficient (Wildman–Crippen LogP) is 2.57. The van der Waals surface area contributed by atoms with Gasteiger partial charge in [0.1, 0.15) is 11.4 Å². The lowest BCUT2D eigenvalue weighted by Crippen LogP contribution is -2.30. The van der Waals surface area contributed by atoms with Gasteiger partial charge in [-0.25, -0.2) is 9.59 Å². The van der Waals surface area contributed by atoms with E-state index >= 15 is 0 Å². The SMILES string of the molecule is C=C(C)C(=O)ON(OC(=O)C(=C)C)c1ccc(OC)cc1. The topological polar surface area (TPSA) is 65.1 Å². The Labute approximate surface area is 123 Å². The summed E-state index contributed by atoms with van der Waals surface area (Å²) in [7, 11) is 1.52. The van der Waals surface area contributed by atoms with Crippen LogP contribution in [0.3, 0.4) is 0 Å². The molecule has 0 spiro atoms. The molecule has 0 aliphatic heterocycles. The van der Waals surface area contributed by atoms with Gasteiger partial charge in [0, 0.05) is 11.1 Å². The van der Waals surface area contributed by atoms with E-state index in [9.17, 15) is 9.59 Å². The average Bonchev–Trinajstić information content (AvgIpc) is 2.46. The second-order valence-corrected chi connectivity index (χ2v) is 4.27. The predicted molar refractivity (Wildman–Crippen MR) is 77.3 cm³/mol. The zero-order valence-corrected chi connectivity index (χ0v) is 12.2. The Hall–Kier alpha value is -2.76. The first-order chi connectivity index (χ1) is 9.85. The summed E-state index contributed by atoms with van der Waals surface area (Å²) in [6.45, 7) is 9.89. The first kappa shape index (κ1) is 16.3. The van der Waals surface area contributed by atoms with Gasteiger partial charge in [0.25, 0.3) is 0 Å². The molecular weight excluding hydrogens is 274 g/mol. The van der Waals surface area contributed by atoms with Crippen molar-refractivity contribution in [2.45, 2.75) is 13.8 Å². The minimum atomic E-state index is -0.722. The Morgan fingerprint density at radius 3 is 1.71 bits per heavy atom. The van der Waals surface area contributed by atoms with Crippen LogP contribution in [-0.2, 0) is 19.3 Å². The van der Waals surface area contributed by atoms with Gasteiger partial charge < -0.3 is 14.4 Å². The van der Waals surface area contributed by atoms with Crippen LogP contribution in [0.4, 0.5) is 5.69 Å². The van der Waals surface area contributed by atoms with Gasteiger partial charge in [0.2, 0.25) is 0 Å². The van der Waals surface area contributed by atoms with Crippen molar-refractivity contribution >= 4 is 17.6 Å². The lowest BCUT2D eigenvalue weighted by Gasteiger charge is -2.21. The second-order valence-electron chi connectivity index (χ2n) is 4.27. The quantitative estimate of drug-likeness (QED) is 0.593. The van der Waals surface area contributed by atoms with E-state index in [0.29, 0.717) is 16.7 Å². The van der Waals surface area contributed by atoms with E-state index in [4.69, 9.17) is 14.4 Å². The Morgan fingerprint density at radius 2 is 1.38 bits per heavy atom. The largest absolute Gasteiger partial charge is 0.497 e. The summed E-state index contributed by atoms with van der Waals surface area (Å²) < 4.78 is 5.03. The van der Waals surface area contributed by atoms with Crippen molar-refractivity contribution in [1.82, 2.24) is 0 Å². The molecule has 6 heteroatoms. The normalized spacial score (nSPS) is 9.48. The third-order valence-electron chi connectivity index (χ3n) is 2.31. The van der Waals surface area contributed by atoms with Gasteiger partial charge in [-0.15, -0.1) is 0 Å². The highest BCUT2D eigenvalue weighted by Gasteiger charge is 2.19. The summed E-state index contributed by atoms with van der Waals surface area (Å²) in [5, 5.41) is 0.716. The van der Waals surface area contributed by atoms with Crippen LogP contribution in [0.25, 0.3) is 0 Å². The molecule has 0 aromatic heterocycles. The second kappa shape index (κ2) is 7.14. The fraction of sp³-hybridized carbons (Fsp3) is 0.200. The minimum absolute atomic E-state index is 0.167. The van der Waals surface area contributed by atoms with Crippen molar-refractivity contribution in [2.24, 2.45) is 0 Å². The number of anilines is 1. The molecule has 0 saturated carbocycles. The van der Waals surface area contributed by atoms with Gasteiger partial charge in [0.15, 0.2) is 0 Å². The molecule has 6 nitrogen and oxygen atoms in total. The summed E-state index contributed by atoms with van der Waals surface area (Å²) in [5.41, 5.74) is 0.666. The highest BCUT2D eigenvalue weighted by molar-refractivity contribution is 5.89. The van der Waals surface area contributed by atoms with E-state index in [1.165, 1.54) is 21.0 Å². The van der Waals surface area contributed by atoms with E-state index in [1.54, 1.807) is 24.3 Å². The van der Waals surface area contributed by atoms with E-state index < -0.39 is 11.9 Å². The van der Waals surface area contributed by atoms with Crippen molar-refractivity contribution < 1.29 is 24.0 Å². The number of hydrogen-bond donors (Lipinski definition) is 0. The Balaban J connectivity index is 2.98.